The molecule has 2 unspecified atom stereocenters. The summed E-state index contributed by atoms with van der Waals surface area (Å²) < 4.78 is 1.15. The van der Waals surface area contributed by atoms with Gasteiger partial charge in [-0.2, -0.15) is 0 Å². The Hall–Kier alpha value is -0.0500. The highest BCUT2D eigenvalue weighted by atomic mass is 79.9. The molecule has 0 heterocycles. The Morgan fingerprint density at radius 1 is 1.41 bits per heavy atom. The predicted octanol–water partition coefficient (Wildman–Crippen LogP) is 4.59. The van der Waals surface area contributed by atoms with Gasteiger partial charge < -0.3 is 5.32 Å². The molecule has 1 saturated carbocycles. The van der Waals surface area contributed by atoms with Crippen LogP contribution in [0.3, 0.4) is 0 Å². The number of benzene rings is 1. The van der Waals surface area contributed by atoms with E-state index in [2.05, 4.69) is 48.1 Å². The molecule has 0 spiro atoms. The molecule has 2 rings (SSSR count). The van der Waals surface area contributed by atoms with Gasteiger partial charge in [0.05, 0.1) is 0 Å². The summed E-state index contributed by atoms with van der Waals surface area (Å²) in [5, 5.41) is 4.37. The van der Waals surface area contributed by atoms with Crippen LogP contribution in [-0.4, -0.2) is 12.1 Å². The van der Waals surface area contributed by atoms with Crippen molar-refractivity contribution < 1.29 is 0 Å². The van der Waals surface area contributed by atoms with Crippen molar-refractivity contribution in [3.8, 4) is 0 Å². The summed E-state index contributed by atoms with van der Waals surface area (Å²) in [5.41, 5.74) is 1.61. The summed E-state index contributed by atoms with van der Waals surface area (Å²) in [6, 6.07) is 6.12. The summed E-state index contributed by atoms with van der Waals surface area (Å²) in [6.45, 7) is 7.73. The van der Waals surface area contributed by atoms with Crippen molar-refractivity contribution in [2.45, 2.75) is 38.6 Å². The number of nitrogens with one attached hydrogen (secondary N) is 1. The van der Waals surface area contributed by atoms with Crippen LogP contribution in [0.5, 0.6) is 0 Å². The average molecular weight is 317 g/mol. The first-order chi connectivity index (χ1) is 7.87. The van der Waals surface area contributed by atoms with E-state index in [-0.39, 0.29) is 5.54 Å². The van der Waals surface area contributed by atoms with Gasteiger partial charge in [0.2, 0.25) is 0 Å². The van der Waals surface area contributed by atoms with Gasteiger partial charge >= 0.3 is 0 Å². The fourth-order valence-corrected chi connectivity index (χ4v) is 3.07. The van der Waals surface area contributed by atoms with Crippen LogP contribution in [0.2, 0.25) is 5.02 Å². The standard InChI is InChI=1S/C14H19BrClN/c1-14(2,3)17-8-9-6-12(9)11-5-4-10(16)7-13(11)15/h4-5,7,9,12,17H,6,8H2,1-3H3. The second kappa shape index (κ2) is 4.91. The molecule has 1 aromatic rings. The van der Waals surface area contributed by atoms with Crippen molar-refractivity contribution in [1.29, 1.82) is 0 Å². The third-order valence-electron chi connectivity index (χ3n) is 3.18. The lowest BCUT2D eigenvalue weighted by molar-refractivity contribution is 0.414. The van der Waals surface area contributed by atoms with Crippen molar-refractivity contribution in [3.63, 3.8) is 0 Å². The van der Waals surface area contributed by atoms with Crippen LogP contribution in [-0.2, 0) is 0 Å². The highest BCUT2D eigenvalue weighted by Gasteiger charge is 2.39. The van der Waals surface area contributed by atoms with E-state index in [9.17, 15) is 0 Å². The third-order valence-corrected chi connectivity index (χ3v) is 4.10. The summed E-state index contributed by atoms with van der Waals surface area (Å²) in [7, 11) is 0. The number of hydrogen-bond donors (Lipinski definition) is 1. The van der Waals surface area contributed by atoms with Crippen molar-refractivity contribution >= 4 is 27.5 Å². The first-order valence-corrected chi connectivity index (χ1v) is 7.24. The second-order valence-electron chi connectivity index (χ2n) is 5.90. The zero-order valence-electron chi connectivity index (χ0n) is 10.6. The Balaban J connectivity index is 1.94. The molecule has 0 radical (unpaired) electrons. The smallest absolute Gasteiger partial charge is 0.0417 e. The van der Waals surface area contributed by atoms with E-state index in [4.69, 9.17) is 11.6 Å². The van der Waals surface area contributed by atoms with Crippen LogP contribution in [0.15, 0.2) is 22.7 Å². The lowest BCUT2D eigenvalue weighted by Gasteiger charge is -2.20. The van der Waals surface area contributed by atoms with Gasteiger partial charge in [0.15, 0.2) is 0 Å². The first-order valence-electron chi connectivity index (χ1n) is 6.07. The zero-order valence-corrected chi connectivity index (χ0v) is 12.9. The van der Waals surface area contributed by atoms with Gasteiger partial charge in [-0.25, -0.2) is 0 Å². The van der Waals surface area contributed by atoms with Crippen LogP contribution in [0.1, 0.15) is 38.7 Å². The van der Waals surface area contributed by atoms with E-state index in [1.54, 1.807) is 0 Å². The molecule has 0 saturated heterocycles. The van der Waals surface area contributed by atoms with Crippen LogP contribution in [0, 0.1) is 5.92 Å². The number of rotatable bonds is 3. The molecule has 1 nitrogen and oxygen atoms in total. The predicted molar refractivity (Wildman–Crippen MR) is 77.8 cm³/mol. The third kappa shape index (κ3) is 3.70. The van der Waals surface area contributed by atoms with E-state index in [1.807, 2.05) is 12.1 Å². The molecule has 0 amide bonds. The summed E-state index contributed by atoms with van der Waals surface area (Å²) in [5.74, 6) is 1.46. The van der Waals surface area contributed by atoms with Crippen LogP contribution >= 0.6 is 27.5 Å². The van der Waals surface area contributed by atoms with Gasteiger partial charge in [0.25, 0.3) is 0 Å². The molecule has 0 bridgehead atoms. The molecule has 1 aliphatic carbocycles. The maximum absolute atomic E-state index is 5.96. The number of hydrogen-bond acceptors (Lipinski definition) is 1. The van der Waals surface area contributed by atoms with Gasteiger partial charge in [0.1, 0.15) is 0 Å². The lowest BCUT2D eigenvalue weighted by atomic mass is 10.1. The maximum Gasteiger partial charge on any atom is 0.0417 e. The molecule has 94 valence electrons. The Bertz CT molecular complexity index is 411. The molecule has 0 aliphatic heterocycles. The Morgan fingerprint density at radius 2 is 2.12 bits per heavy atom. The molecule has 1 aromatic carbocycles. The molecule has 17 heavy (non-hydrogen) atoms. The molecule has 1 fully saturated rings. The Labute approximate surface area is 117 Å². The minimum Gasteiger partial charge on any atom is -0.312 e. The Morgan fingerprint density at radius 3 is 2.71 bits per heavy atom. The van der Waals surface area contributed by atoms with E-state index >= 15 is 0 Å². The molecule has 0 aromatic heterocycles. The average Bonchev–Trinajstić information content (AvgIpc) is 2.93. The van der Waals surface area contributed by atoms with Crippen LogP contribution < -0.4 is 5.32 Å². The fraction of sp³-hybridized carbons (Fsp3) is 0.571. The molecule has 2 atom stereocenters. The maximum atomic E-state index is 5.96. The highest BCUT2D eigenvalue weighted by molar-refractivity contribution is 9.10. The quantitative estimate of drug-likeness (QED) is 0.859. The molecular formula is C14H19BrClN. The first kappa shape index (κ1) is 13.4. The normalized spacial score (nSPS) is 23.8. The van der Waals surface area contributed by atoms with E-state index in [0.717, 1.165) is 22.0 Å². The molecule has 1 N–H and O–H groups in total. The summed E-state index contributed by atoms with van der Waals surface area (Å²) in [6.07, 6.45) is 1.28. The highest BCUT2D eigenvalue weighted by Crippen LogP contribution is 2.49. The van der Waals surface area contributed by atoms with Gasteiger partial charge in [-0.1, -0.05) is 33.6 Å². The SMILES string of the molecule is CC(C)(C)NCC1CC1c1ccc(Cl)cc1Br. The van der Waals surface area contributed by atoms with Crippen molar-refractivity contribution in [2.75, 3.05) is 6.54 Å². The van der Waals surface area contributed by atoms with Gasteiger partial charge in [-0.3, -0.25) is 0 Å². The zero-order chi connectivity index (χ0) is 12.6. The van der Waals surface area contributed by atoms with E-state index in [1.165, 1.54) is 12.0 Å². The molecule has 3 heteroatoms. The van der Waals surface area contributed by atoms with Gasteiger partial charge in [0, 0.05) is 15.0 Å². The van der Waals surface area contributed by atoms with E-state index < -0.39 is 0 Å². The van der Waals surface area contributed by atoms with Crippen molar-refractivity contribution in [1.82, 2.24) is 5.32 Å². The lowest BCUT2D eigenvalue weighted by Crippen LogP contribution is -2.37. The summed E-state index contributed by atoms with van der Waals surface area (Å²) >= 11 is 9.56. The monoisotopic (exact) mass is 315 g/mol. The molecular weight excluding hydrogens is 298 g/mol. The minimum atomic E-state index is 0.213. The largest absolute Gasteiger partial charge is 0.312 e. The van der Waals surface area contributed by atoms with Crippen LogP contribution in [0.4, 0.5) is 0 Å². The van der Waals surface area contributed by atoms with Crippen LogP contribution in [0.25, 0.3) is 0 Å². The fourth-order valence-electron chi connectivity index (χ4n) is 2.09. The van der Waals surface area contributed by atoms with Gasteiger partial charge in [-0.15, -0.1) is 0 Å². The van der Waals surface area contributed by atoms with Crippen molar-refractivity contribution in [2.24, 2.45) is 5.92 Å². The van der Waals surface area contributed by atoms with E-state index in [0.29, 0.717) is 5.92 Å². The molecule has 1 aliphatic rings. The number of halogens is 2. The topological polar surface area (TPSA) is 12.0 Å². The van der Waals surface area contributed by atoms with Crippen molar-refractivity contribution in [3.05, 3.63) is 33.3 Å². The van der Waals surface area contributed by atoms with Gasteiger partial charge in [-0.05, 0) is 63.3 Å². The Kier molecular flexibility index (Phi) is 3.86. The minimum absolute atomic E-state index is 0.213. The second-order valence-corrected chi connectivity index (χ2v) is 7.19. The summed E-state index contributed by atoms with van der Waals surface area (Å²) in [4.78, 5) is 0.